The van der Waals surface area contributed by atoms with Crippen molar-refractivity contribution in [1.29, 1.82) is 0 Å². The molecule has 3 aromatic heterocycles. The molecule has 4 rings (SSSR count). The smallest absolute Gasteiger partial charge is 0.122 e. The van der Waals surface area contributed by atoms with Crippen LogP contribution in [0.3, 0.4) is 0 Å². The highest BCUT2D eigenvalue weighted by molar-refractivity contribution is 5.02. The van der Waals surface area contributed by atoms with Gasteiger partial charge in [-0.3, -0.25) is 9.88 Å². The zero-order valence-corrected chi connectivity index (χ0v) is 14.1. The largest absolute Gasteiger partial charge is 0.468 e. The van der Waals surface area contributed by atoms with E-state index in [2.05, 4.69) is 25.6 Å². The first kappa shape index (κ1) is 16.1. The fourth-order valence-corrected chi connectivity index (χ4v) is 3.29. The summed E-state index contributed by atoms with van der Waals surface area (Å²) in [5.74, 6) is 2.47. The third-order valence-electron chi connectivity index (χ3n) is 4.43. The Morgan fingerprint density at radius 2 is 2.12 bits per heavy atom. The lowest BCUT2D eigenvalue weighted by Gasteiger charge is -2.22. The molecule has 3 aromatic rings. The molecule has 6 heteroatoms. The second-order valence-electron chi connectivity index (χ2n) is 6.45. The molecule has 0 saturated carbocycles. The van der Waals surface area contributed by atoms with Gasteiger partial charge in [-0.1, -0.05) is 6.07 Å². The summed E-state index contributed by atoms with van der Waals surface area (Å²) >= 11 is 0. The summed E-state index contributed by atoms with van der Waals surface area (Å²) in [5.41, 5.74) is 0.965. The van der Waals surface area contributed by atoms with E-state index < -0.39 is 0 Å². The standard InChI is InChI=1S/C19H22N4O2/c1-2-6-20-17(4-1)15-24-14-16-10-22(12-18-5-3-9-25-18)13-19-21-7-8-23(19)11-16/h1-9,16H,10-15H2/t16-/m0/s1. The molecular weight excluding hydrogens is 316 g/mol. The van der Waals surface area contributed by atoms with Gasteiger partial charge in [-0.15, -0.1) is 0 Å². The topological polar surface area (TPSA) is 56.3 Å². The number of hydrogen-bond donors (Lipinski definition) is 0. The summed E-state index contributed by atoms with van der Waals surface area (Å²) in [6, 6.07) is 9.85. The highest BCUT2D eigenvalue weighted by Crippen LogP contribution is 2.18. The van der Waals surface area contributed by atoms with Crippen molar-refractivity contribution in [3.8, 4) is 0 Å². The zero-order chi connectivity index (χ0) is 16.9. The minimum Gasteiger partial charge on any atom is -0.468 e. The van der Waals surface area contributed by atoms with Gasteiger partial charge in [0.1, 0.15) is 11.6 Å². The first-order chi connectivity index (χ1) is 12.4. The summed E-state index contributed by atoms with van der Waals surface area (Å²) in [6.45, 7) is 4.73. The first-order valence-electron chi connectivity index (χ1n) is 8.59. The quantitative estimate of drug-likeness (QED) is 0.692. The van der Waals surface area contributed by atoms with Crippen molar-refractivity contribution >= 4 is 0 Å². The molecular formula is C19H22N4O2. The molecule has 25 heavy (non-hydrogen) atoms. The Labute approximate surface area is 147 Å². The number of rotatable bonds is 6. The summed E-state index contributed by atoms with van der Waals surface area (Å²) in [4.78, 5) is 11.2. The van der Waals surface area contributed by atoms with Crippen LogP contribution in [-0.2, 0) is 31.0 Å². The van der Waals surface area contributed by atoms with Crippen LogP contribution in [-0.4, -0.2) is 32.6 Å². The van der Waals surface area contributed by atoms with Crippen molar-refractivity contribution in [2.24, 2.45) is 5.92 Å². The average molecular weight is 338 g/mol. The minimum absolute atomic E-state index is 0.397. The predicted molar refractivity (Wildman–Crippen MR) is 92.4 cm³/mol. The fraction of sp³-hybridized carbons (Fsp3) is 0.368. The van der Waals surface area contributed by atoms with Gasteiger partial charge in [0.2, 0.25) is 0 Å². The SMILES string of the molecule is c1ccc(COC[C@H]2CN(Cc3ccco3)Cc3nccn3C2)nc1. The van der Waals surface area contributed by atoms with E-state index >= 15 is 0 Å². The molecule has 0 amide bonds. The molecule has 0 radical (unpaired) electrons. The van der Waals surface area contributed by atoms with Crippen LogP contribution in [0.15, 0.2) is 59.6 Å². The molecule has 130 valence electrons. The monoisotopic (exact) mass is 338 g/mol. The molecule has 0 bridgehead atoms. The second kappa shape index (κ2) is 7.63. The Kier molecular flexibility index (Phi) is 4.90. The van der Waals surface area contributed by atoms with Crippen LogP contribution >= 0.6 is 0 Å². The maximum absolute atomic E-state index is 5.94. The van der Waals surface area contributed by atoms with Gasteiger partial charge in [0.15, 0.2) is 0 Å². The highest BCUT2D eigenvalue weighted by atomic mass is 16.5. The van der Waals surface area contributed by atoms with Crippen LogP contribution in [0.25, 0.3) is 0 Å². The van der Waals surface area contributed by atoms with Crippen LogP contribution in [0.2, 0.25) is 0 Å². The van der Waals surface area contributed by atoms with Gasteiger partial charge >= 0.3 is 0 Å². The summed E-state index contributed by atoms with van der Waals surface area (Å²) in [5, 5.41) is 0. The Bertz CT molecular complexity index is 770. The Balaban J connectivity index is 1.40. The molecule has 0 fully saturated rings. The number of nitrogens with zero attached hydrogens (tertiary/aromatic N) is 4. The number of fused-ring (bicyclic) bond motifs is 1. The van der Waals surface area contributed by atoms with Crippen LogP contribution in [0.5, 0.6) is 0 Å². The lowest BCUT2D eigenvalue weighted by Crippen LogP contribution is -2.30. The van der Waals surface area contributed by atoms with Gasteiger partial charge in [-0.25, -0.2) is 4.98 Å². The van der Waals surface area contributed by atoms with E-state index in [1.54, 1.807) is 12.5 Å². The van der Waals surface area contributed by atoms with Crippen LogP contribution in [0.4, 0.5) is 0 Å². The third kappa shape index (κ3) is 4.15. The molecule has 1 atom stereocenters. The predicted octanol–water partition coefficient (Wildman–Crippen LogP) is 2.72. The molecule has 1 aliphatic rings. The highest BCUT2D eigenvalue weighted by Gasteiger charge is 2.23. The van der Waals surface area contributed by atoms with Crippen LogP contribution in [0.1, 0.15) is 17.3 Å². The van der Waals surface area contributed by atoms with Gasteiger partial charge in [-0.05, 0) is 24.3 Å². The van der Waals surface area contributed by atoms with Gasteiger partial charge in [0.25, 0.3) is 0 Å². The van der Waals surface area contributed by atoms with Crippen LogP contribution in [0, 0.1) is 5.92 Å². The van der Waals surface area contributed by atoms with Crippen molar-refractivity contribution in [2.45, 2.75) is 26.2 Å². The van der Waals surface area contributed by atoms with E-state index in [1.165, 1.54) is 0 Å². The number of hydrogen-bond acceptors (Lipinski definition) is 5. The molecule has 0 aromatic carbocycles. The third-order valence-corrected chi connectivity index (χ3v) is 4.43. The number of imidazole rings is 1. The molecule has 0 aliphatic carbocycles. The zero-order valence-electron chi connectivity index (χ0n) is 14.1. The maximum Gasteiger partial charge on any atom is 0.122 e. The number of furan rings is 1. The normalized spacial score (nSPS) is 18.0. The van der Waals surface area contributed by atoms with Gasteiger partial charge in [0, 0.05) is 37.6 Å². The van der Waals surface area contributed by atoms with E-state index in [0.717, 1.165) is 43.5 Å². The second-order valence-corrected chi connectivity index (χ2v) is 6.45. The summed E-state index contributed by atoms with van der Waals surface area (Å²) in [7, 11) is 0. The van der Waals surface area contributed by atoms with E-state index in [9.17, 15) is 0 Å². The van der Waals surface area contributed by atoms with Crippen molar-refractivity contribution in [3.05, 3.63) is 72.5 Å². The Morgan fingerprint density at radius 1 is 1.12 bits per heavy atom. The van der Waals surface area contributed by atoms with Gasteiger partial charge < -0.3 is 13.7 Å². The van der Waals surface area contributed by atoms with Crippen molar-refractivity contribution in [2.75, 3.05) is 13.2 Å². The molecule has 0 unspecified atom stereocenters. The fourth-order valence-electron chi connectivity index (χ4n) is 3.29. The molecule has 0 N–H and O–H groups in total. The summed E-state index contributed by atoms with van der Waals surface area (Å²) < 4.78 is 13.7. The van der Waals surface area contributed by atoms with E-state index in [-0.39, 0.29) is 0 Å². The van der Waals surface area contributed by atoms with E-state index in [1.807, 2.05) is 36.5 Å². The number of ether oxygens (including phenoxy) is 1. The lowest BCUT2D eigenvalue weighted by molar-refractivity contribution is 0.0638. The average Bonchev–Trinajstić information content (AvgIpc) is 3.25. The van der Waals surface area contributed by atoms with Crippen molar-refractivity contribution < 1.29 is 9.15 Å². The maximum atomic E-state index is 5.94. The van der Waals surface area contributed by atoms with Crippen molar-refractivity contribution in [3.63, 3.8) is 0 Å². The van der Waals surface area contributed by atoms with Crippen LogP contribution < -0.4 is 0 Å². The Morgan fingerprint density at radius 3 is 2.96 bits per heavy atom. The molecule has 1 aliphatic heterocycles. The van der Waals surface area contributed by atoms with Gasteiger partial charge in [0.05, 0.1) is 38.3 Å². The first-order valence-corrected chi connectivity index (χ1v) is 8.59. The molecule has 4 heterocycles. The number of pyridine rings is 1. The number of aromatic nitrogens is 3. The Hall–Kier alpha value is -2.44. The van der Waals surface area contributed by atoms with Crippen molar-refractivity contribution in [1.82, 2.24) is 19.4 Å². The van der Waals surface area contributed by atoms with Gasteiger partial charge in [-0.2, -0.15) is 0 Å². The summed E-state index contributed by atoms with van der Waals surface area (Å²) in [6.07, 6.45) is 7.45. The molecule has 0 spiro atoms. The van der Waals surface area contributed by atoms with E-state index in [0.29, 0.717) is 19.1 Å². The molecule has 0 saturated heterocycles. The molecule has 6 nitrogen and oxygen atoms in total. The lowest BCUT2D eigenvalue weighted by atomic mass is 10.1. The van der Waals surface area contributed by atoms with E-state index in [4.69, 9.17) is 9.15 Å². The minimum atomic E-state index is 0.397.